The molecule has 4 rings (SSSR count). The van der Waals surface area contributed by atoms with Gasteiger partial charge < -0.3 is 0 Å². The summed E-state index contributed by atoms with van der Waals surface area (Å²) in [5.74, 6) is 0.492. The molecule has 1 aromatic carbocycles. The Morgan fingerprint density at radius 3 is 2.58 bits per heavy atom. The first-order valence-corrected chi connectivity index (χ1v) is 17.6. The number of hydrogen-bond donors (Lipinski definition) is 1. The topological polar surface area (TPSA) is 61.9 Å². The van der Waals surface area contributed by atoms with Gasteiger partial charge in [0.2, 0.25) is 0 Å². The zero-order valence-electron chi connectivity index (χ0n) is 22.3. The number of nitrogens with zero attached hydrogens (tertiary/aromatic N) is 2. The van der Waals surface area contributed by atoms with Crippen molar-refractivity contribution in [3.8, 4) is 5.75 Å². The average molecular weight is 594 g/mol. The third kappa shape index (κ3) is 6.15. The maximum absolute atomic E-state index is 14.0. The van der Waals surface area contributed by atoms with Crippen molar-refractivity contribution in [2.75, 3.05) is 24.5 Å². The van der Waals surface area contributed by atoms with E-state index in [0.717, 1.165) is 56.4 Å². The number of ether oxygens (including phenoxy) is 1. The summed E-state index contributed by atoms with van der Waals surface area (Å²) in [5.41, 5.74) is 3.16. The van der Waals surface area contributed by atoms with Crippen LogP contribution < -0.4 is 15.0 Å². The molecule has 2 aliphatic heterocycles. The van der Waals surface area contributed by atoms with E-state index in [1.807, 2.05) is 30.9 Å². The van der Waals surface area contributed by atoms with Crippen LogP contribution >= 0.6 is 0 Å². The third-order valence-electron chi connectivity index (χ3n) is 7.69. The molecule has 0 spiro atoms. The van der Waals surface area contributed by atoms with Crippen molar-refractivity contribution in [3.05, 3.63) is 43.1 Å². The van der Waals surface area contributed by atoms with Crippen LogP contribution in [0.5, 0.6) is 5.75 Å². The van der Waals surface area contributed by atoms with Gasteiger partial charge in [-0.2, -0.15) is 0 Å². The van der Waals surface area contributed by atoms with Crippen molar-refractivity contribution in [1.29, 1.82) is 0 Å². The Kier molecular flexibility index (Phi) is 9.48. The molecule has 2 amide bonds. The average Bonchev–Trinajstić information content (AvgIpc) is 3.36. The van der Waals surface area contributed by atoms with E-state index in [4.69, 9.17) is 4.74 Å². The first-order valence-electron chi connectivity index (χ1n) is 13.8. The SMILES string of the molecule is CCN(CC)c1ccc2c(c1)OC(C(C)C)C(=O)N(CCC1=[CH][In][CH]=C1)C2C(=O)NC1CCCCC1. The Morgan fingerprint density at radius 2 is 1.94 bits per heavy atom. The number of amides is 2. The predicted octanol–water partition coefficient (Wildman–Crippen LogP) is 4.77. The second-order valence-corrected chi connectivity index (χ2v) is 13.6. The molecule has 7 heteroatoms. The molecule has 1 saturated carbocycles. The molecule has 193 valence electrons. The van der Waals surface area contributed by atoms with Crippen LogP contribution in [0.3, 0.4) is 0 Å². The molecule has 1 N–H and O–H groups in total. The number of carbonyl (C=O) groups is 2. The van der Waals surface area contributed by atoms with Gasteiger partial charge in [-0.15, -0.1) is 0 Å². The minimum absolute atomic E-state index is 0.00848. The van der Waals surface area contributed by atoms with Crippen LogP contribution in [0, 0.1) is 5.92 Å². The Bertz CT molecular complexity index is 995. The van der Waals surface area contributed by atoms with Crippen LogP contribution in [-0.4, -0.2) is 71.4 Å². The fraction of sp³-hybridized carbons (Fsp3) is 0.586. The van der Waals surface area contributed by atoms with Crippen LogP contribution in [0.1, 0.15) is 77.8 Å². The zero-order valence-corrected chi connectivity index (χ0v) is 25.6. The Morgan fingerprint density at radius 1 is 1.19 bits per heavy atom. The first-order chi connectivity index (χ1) is 17.4. The molecule has 1 fully saturated rings. The molecule has 1 aliphatic carbocycles. The predicted molar refractivity (Wildman–Crippen MR) is 146 cm³/mol. The minimum atomic E-state index is -0.703. The van der Waals surface area contributed by atoms with Gasteiger partial charge in [-0.25, -0.2) is 0 Å². The number of allylic oxidation sites excluding steroid dienone is 1. The van der Waals surface area contributed by atoms with E-state index >= 15 is 0 Å². The van der Waals surface area contributed by atoms with Gasteiger partial charge >= 0.3 is 215 Å². The molecule has 2 atom stereocenters. The van der Waals surface area contributed by atoms with E-state index in [1.165, 1.54) is 12.0 Å². The van der Waals surface area contributed by atoms with Gasteiger partial charge in [-0.05, 0) is 13.8 Å². The Balaban J connectivity index is 1.74. The summed E-state index contributed by atoms with van der Waals surface area (Å²) in [5, 5.41) is 3.32. The number of benzene rings is 1. The normalized spacial score (nSPS) is 22.0. The van der Waals surface area contributed by atoms with Crippen molar-refractivity contribution in [2.24, 2.45) is 5.92 Å². The molecule has 0 saturated heterocycles. The first kappa shape index (κ1) is 27.2. The number of fused-ring (bicyclic) bond motifs is 1. The summed E-state index contributed by atoms with van der Waals surface area (Å²) in [7, 11) is 0. The second kappa shape index (κ2) is 12.6. The third-order valence-corrected chi connectivity index (χ3v) is 10.6. The van der Waals surface area contributed by atoms with Crippen LogP contribution in [0.25, 0.3) is 0 Å². The van der Waals surface area contributed by atoms with Crippen LogP contribution in [0.15, 0.2) is 37.5 Å². The van der Waals surface area contributed by atoms with Gasteiger partial charge in [-0.3, -0.25) is 0 Å². The Hall–Kier alpha value is -1.89. The summed E-state index contributed by atoms with van der Waals surface area (Å²) in [6.45, 7) is 10.6. The summed E-state index contributed by atoms with van der Waals surface area (Å²) in [4.78, 5) is 32.0. The fourth-order valence-corrected chi connectivity index (χ4v) is 8.42. The summed E-state index contributed by atoms with van der Waals surface area (Å²) in [6, 6.07) is 5.62. The monoisotopic (exact) mass is 594 g/mol. The van der Waals surface area contributed by atoms with Crippen molar-refractivity contribution in [3.63, 3.8) is 0 Å². The van der Waals surface area contributed by atoms with Crippen molar-refractivity contribution >= 4 is 40.4 Å². The van der Waals surface area contributed by atoms with E-state index in [2.05, 4.69) is 43.9 Å². The van der Waals surface area contributed by atoms with Gasteiger partial charge in [0.25, 0.3) is 0 Å². The summed E-state index contributed by atoms with van der Waals surface area (Å²) >= 11 is -0.703. The number of hydrogen-bond acceptors (Lipinski definition) is 4. The van der Waals surface area contributed by atoms with E-state index in [9.17, 15) is 9.59 Å². The quantitative estimate of drug-likeness (QED) is 0.448. The summed E-state index contributed by atoms with van der Waals surface area (Å²) in [6.07, 6.45) is 7.91. The van der Waals surface area contributed by atoms with Crippen LogP contribution in [0.4, 0.5) is 5.69 Å². The zero-order chi connectivity index (χ0) is 25.7. The fourth-order valence-electron chi connectivity index (χ4n) is 5.58. The Labute approximate surface area is 227 Å². The van der Waals surface area contributed by atoms with Gasteiger partial charge in [0, 0.05) is 0 Å². The van der Waals surface area contributed by atoms with Crippen LogP contribution in [-0.2, 0) is 9.59 Å². The van der Waals surface area contributed by atoms with Gasteiger partial charge in [0.15, 0.2) is 0 Å². The molecule has 0 aromatic heterocycles. The van der Waals surface area contributed by atoms with Gasteiger partial charge in [0.1, 0.15) is 0 Å². The number of carbonyl (C=O) groups excluding carboxylic acids is 2. The molecule has 2 unspecified atom stereocenters. The molecular weight excluding hydrogens is 553 g/mol. The van der Waals surface area contributed by atoms with E-state index in [0.29, 0.717) is 12.3 Å². The molecule has 1 aromatic rings. The molecule has 1 radical (unpaired) electrons. The molecule has 6 nitrogen and oxygen atoms in total. The van der Waals surface area contributed by atoms with E-state index < -0.39 is 35.1 Å². The van der Waals surface area contributed by atoms with Crippen molar-refractivity contribution < 1.29 is 14.3 Å². The number of anilines is 1. The van der Waals surface area contributed by atoms with E-state index in [-0.39, 0.29) is 23.8 Å². The van der Waals surface area contributed by atoms with Gasteiger partial charge in [-0.1, -0.05) is 0 Å². The molecular formula is C29H41InN3O3. The number of nitrogens with one attached hydrogen (secondary N) is 1. The summed E-state index contributed by atoms with van der Waals surface area (Å²) < 4.78 is 11.2. The molecule has 3 aliphatic rings. The van der Waals surface area contributed by atoms with Crippen molar-refractivity contribution in [2.45, 2.75) is 84.4 Å². The molecule has 0 bridgehead atoms. The van der Waals surface area contributed by atoms with Crippen LogP contribution in [0.2, 0.25) is 0 Å². The standard InChI is InChI=1S/C29H41N3O3.In/c1-7-21(6)17-18-32-26(28(33)30-22-13-11-10-12-14-22)24-16-15-23(31(8-2)9-3)19-25(24)35-27(20(4)5)29(32)34;/h1,6-7,15-16,19-20,22,26-27H,8-14,17-18H2,2-5H3,(H,30,33);. The maximum atomic E-state index is 14.0. The molecule has 36 heavy (non-hydrogen) atoms. The van der Waals surface area contributed by atoms with E-state index in [1.54, 1.807) is 0 Å². The van der Waals surface area contributed by atoms with Gasteiger partial charge in [0.05, 0.1) is 0 Å². The second-order valence-electron chi connectivity index (χ2n) is 10.5. The van der Waals surface area contributed by atoms with Crippen molar-refractivity contribution in [1.82, 2.24) is 10.2 Å². The molecule has 2 heterocycles. The number of rotatable bonds is 9.